The van der Waals surface area contributed by atoms with Gasteiger partial charge in [0.05, 0.1) is 5.69 Å². The molecule has 254 valence electrons. The Hall–Kier alpha value is -7.37. The van der Waals surface area contributed by atoms with Crippen LogP contribution in [0, 0.1) is 0 Å². The SMILES string of the molecule is c1ccc(-c2ccccc2-c2ccccc2N(c2ccc3c(c2)oc2ccccc23)c2ccc3c(c2)oc2cccc(-c4nc5ccccc5o4)c23)cc1. The van der Waals surface area contributed by atoms with Crippen LogP contribution < -0.4 is 4.90 Å². The minimum Gasteiger partial charge on any atom is -0.456 e. The van der Waals surface area contributed by atoms with E-state index in [0.29, 0.717) is 5.89 Å². The van der Waals surface area contributed by atoms with Gasteiger partial charge in [-0.3, -0.25) is 0 Å². The molecule has 5 heteroatoms. The Morgan fingerprint density at radius 1 is 0.370 bits per heavy atom. The van der Waals surface area contributed by atoms with E-state index in [1.807, 2.05) is 54.6 Å². The van der Waals surface area contributed by atoms with Gasteiger partial charge in [-0.25, -0.2) is 4.98 Å². The second-order valence-corrected chi connectivity index (χ2v) is 13.5. The molecule has 11 aromatic rings. The predicted octanol–water partition coefficient (Wildman–Crippen LogP) is 14.1. The van der Waals surface area contributed by atoms with Crippen LogP contribution in [0.5, 0.6) is 0 Å². The topological polar surface area (TPSA) is 55.6 Å². The zero-order valence-corrected chi connectivity index (χ0v) is 28.9. The summed E-state index contributed by atoms with van der Waals surface area (Å²) in [4.78, 5) is 7.13. The lowest BCUT2D eigenvalue weighted by Crippen LogP contribution is -2.11. The summed E-state index contributed by atoms with van der Waals surface area (Å²) < 4.78 is 19.3. The summed E-state index contributed by atoms with van der Waals surface area (Å²) in [6.45, 7) is 0. The van der Waals surface area contributed by atoms with Gasteiger partial charge >= 0.3 is 0 Å². The van der Waals surface area contributed by atoms with Crippen LogP contribution in [0.3, 0.4) is 0 Å². The van der Waals surface area contributed by atoms with E-state index in [2.05, 4.69) is 132 Å². The van der Waals surface area contributed by atoms with Gasteiger partial charge in [0.2, 0.25) is 5.89 Å². The molecule has 0 fully saturated rings. The standard InChI is InChI=1S/C49H30N2O3/c1-2-13-31(14-3-1)34-15-4-5-16-35(34)36-17-6-9-21-42(36)51(32-25-27-38-37-18-7-10-22-43(37)52-46(38)29-32)33-26-28-39-47(30-33)53-45-24-12-19-40(48(39)45)49-50-41-20-8-11-23-44(41)54-49/h1-30H. The molecule has 3 aromatic heterocycles. The molecular formula is C49H30N2O3. The van der Waals surface area contributed by atoms with E-state index in [1.54, 1.807) is 0 Å². The van der Waals surface area contributed by atoms with Gasteiger partial charge in [-0.2, -0.15) is 0 Å². The van der Waals surface area contributed by atoms with Crippen LogP contribution >= 0.6 is 0 Å². The number of oxazole rings is 1. The number of benzene rings is 8. The van der Waals surface area contributed by atoms with E-state index in [4.69, 9.17) is 18.2 Å². The molecule has 3 heterocycles. The van der Waals surface area contributed by atoms with Crippen molar-refractivity contribution in [2.75, 3.05) is 4.90 Å². The molecule has 0 radical (unpaired) electrons. The highest BCUT2D eigenvalue weighted by Gasteiger charge is 2.23. The Bertz CT molecular complexity index is 3150. The zero-order valence-electron chi connectivity index (χ0n) is 28.9. The zero-order chi connectivity index (χ0) is 35.6. The van der Waals surface area contributed by atoms with Crippen LogP contribution in [0.25, 0.3) is 88.7 Å². The Labute approximate surface area is 309 Å². The average Bonchev–Trinajstić information content (AvgIpc) is 3.94. The number of para-hydroxylation sites is 4. The minimum atomic E-state index is 0.570. The molecule has 11 rings (SSSR count). The summed E-state index contributed by atoms with van der Waals surface area (Å²) in [7, 11) is 0. The van der Waals surface area contributed by atoms with Crippen molar-refractivity contribution in [2.24, 2.45) is 0 Å². The molecule has 0 bridgehead atoms. The van der Waals surface area contributed by atoms with Crippen molar-refractivity contribution in [2.45, 2.75) is 0 Å². The summed E-state index contributed by atoms with van der Waals surface area (Å²) >= 11 is 0. The number of anilines is 3. The molecule has 0 aliphatic heterocycles. The summed E-state index contributed by atoms with van der Waals surface area (Å²) in [5, 5.41) is 4.14. The van der Waals surface area contributed by atoms with E-state index in [-0.39, 0.29) is 0 Å². The monoisotopic (exact) mass is 694 g/mol. The van der Waals surface area contributed by atoms with Gasteiger partial charge < -0.3 is 18.2 Å². The van der Waals surface area contributed by atoms with Gasteiger partial charge in [-0.1, -0.05) is 109 Å². The Morgan fingerprint density at radius 2 is 0.963 bits per heavy atom. The third-order valence-corrected chi connectivity index (χ3v) is 10.3. The normalized spacial score (nSPS) is 11.7. The number of fused-ring (bicyclic) bond motifs is 7. The summed E-state index contributed by atoms with van der Waals surface area (Å²) in [5.74, 6) is 0.570. The highest BCUT2D eigenvalue weighted by molar-refractivity contribution is 6.13. The highest BCUT2D eigenvalue weighted by atomic mass is 16.4. The molecule has 5 nitrogen and oxygen atoms in total. The molecule has 0 saturated carbocycles. The molecule has 8 aromatic carbocycles. The summed E-state index contributed by atoms with van der Waals surface area (Å²) in [6.07, 6.45) is 0. The smallest absolute Gasteiger partial charge is 0.228 e. The lowest BCUT2D eigenvalue weighted by atomic mass is 9.93. The van der Waals surface area contributed by atoms with E-state index in [9.17, 15) is 0 Å². The van der Waals surface area contributed by atoms with Crippen LogP contribution in [-0.4, -0.2) is 4.98 Å². The molecule has 0 unspecified atom stereocenters. The third kappa shape index (κ3) is 4.83. The Kier molecular flexibility index (Phi) is 6.79. The van der Waals surface area contributed by atoms with Gasteiger partial charge in [0.25, 0.3) is 0 Å². The number of furan rings is 2. The van der Waals surface area contributed by atoms with Gasteiger partial charge in [0, 0.05) is 56.2 Å². The summed E-state index contributed by atoms with van der Waals surface area (Å²) in [5.41, 5.74) is 13.2. The quantitative estimate of drug-likeness (QED) is 0.173. The maximum Gasteiger partial charge on any atom is 0.228 e. The molecule has 0 aliphatic rings. The van der Waals surface area contributed by atoms with Crippen molar-refractivity contribution in [1.29, 1.82) is 0 Å². The largest absolute Gasteiger partial charge is 0.456 e. The van der Waals surface area contributed by atoms with E-state index < -0.39 is 0 Å². The van der Waals surface area contributed by atoms with Gasteiger partial charge in [-0.05, 0) is 77.4 Å². The molecule has 0 spiro atoms. The molecule has 0 aliphatic carbocycles. The van der Waals surface area contributed by atoms with Crippen LogP contribution in [0.4, 0.5) is 17.1 Å². The van der Waals surface area contributed by atoms with Crippen molar-refractivity contribution in [1.82, 2.24) is 4.98 Å². The third-order valence-electron chi connectivity index (χ3n) is 10.3. The molecule has 0 atom stereocenters. The van der Waals surface area contributed by atoms with Gasteiger partial charge in [-0.15, -0.1) is 0 Å². The van der Waals surface area contributed by atoms with Crippen LogP contribution in [0.2, 0.25) is 0 Å². The Balaban J connectivity index is 1.13. The number of hydrogen-bond acceptors (Lipinski definition) is 5. The fourth-order valence-electron chi connectivity index (χ4n) is 7.88. The molecule has 0 N–H and O–H groups in total. The van der Waals surface area contributed by atoms with Crippen molar-refractivity contribution >= 4 is 72.0 Å². The second-order valence-electron chi connectivity index (χ2n) is 13.5. The van der Waals surface area contributed by atoms with Crippen LogP contribution in [0.15, 0.2) is 195 Å². The Morgan fingerprint density at radius 3 is 1.80 bits per heavy atom. The van der Waals surface area contributed by atoms with Crippen molar-refractivity contribution in [3.8, 4) is 33.7 Å². The van der Waals surface area contributed by atoms with Crippen molar-refractivity contribution in [3.63, 3.8) is 0 Å². The molecule has 54 heavy (non-hydrogen) atoms. The lowest BCUT2D eigenvalue weighted by molar-refractivity contribution is 0.620. The molecule has 0 amide bonds. The number of rotatable bonds is 6. The first kappa shape index (κ1) is 30.3. The number of hydrogen-bond donors (Lipinski definition) is 0. The fourth-order valence-corrected chi connectivity index (χ4v) is 7.88. The summed E-state index contributed by atoms with van der Waals surface area (Å²) in [6, 6.07) is 62.8. The first-order valence-corrected chi connectivity index (χ1v) is 18.0. The molecular weight excluding hydrogens is 665 g/mol. The molecule has 0 saturated heterocycles. The lowest BCUT2D eigenvalue weighted by Gasteiger charge is -2.28. The average molecular weight is 695 g/mol. The van der Waals surface area contributed by atoms with E-state index in [0.717, 1.165) is 99.9 Å². The highest BCUT2D eigenvalue weighted by Crippen LogP contribution is 2.46. The number of aromatic nitrogens is 1. The van der Waals surface area contributed by atoms with Crippen molar-refractivity contribution < 1.29 is 13.3 Å². The maximum atomic E-state index is 6.64. The first-order valence-electron chi connectivity index (χ1n) is 18.0. The predicted molar refractivity (Wildman–Crippen MR) is 220 cm³/mol. The fraction of sp³-hybridized carbons (Fsp3) is 0. The second kappa shape index (κ2) is 12.1. The van der Waals surface area contributed by atoms with Crippen LogP contribution in [0.1, 0.15) is 0 Å². The van der Waals surface area contributed by atoms with E-state index in [1.165, 1.54) is 0 Å². The van der Waals surface area contributed by atoms with Gasteiger partial charge in [0.15, 0.2) is 5.58 Å². The minimum absolute atomic E-state index is 0.570. The van der Waals surface area contributed by atoms with Crippen LogP contribution in [-0.2, 0) is 0 Å². The number of nitrogens with zero attached hydrogens (tertiary/aromatic N) is 2. The van der Waals surface area contributed by atoms with Gasteiger partial charge in [0.1, 0.15) is 27.8 Å². The van der Waals surface area contributed by atoms with Crippen molar-refractivity contribution in [3.05, 3.63) is 182 Å². The maximum absolute atomic E-state index is 6.64. The first-order chi connectivity index (χ1) is 26.8. The van der Waals surface area contributed by atoms with E-state index >= 15 is 0 Å².